The average Bonchev–Trinajstić information content (AvgIpc) is 3.23. The van der Waals surface area contributed by atoms with Gasteiger partial charge in [-0.15, -0.1) is 0 Å². The molecule has 0 saturated carbocycles. The first-order chi connectivity index (χ1) is 15.9. The molecule has 0 aliphatic carbocycles. The van der Waals surface area contributed by atoms with E-state index in [1.165, 1.54) is 30.6 Å². The SMILES string of the molecule is C[C@H]1Oc2cc(cnc2N)-c2c(C#N)n[nH]c2C(=O)c2cccnc2-c2c(F)cc(F)cc21. The molecule has 0 unspecified atom stereocenters. The molecule has 0 amide bonds. The van der Waals surface area contributed by atoms with Crippen LogP contribution in [0.3, 0.4) is 0 Å². The van der Waals surface area contributed by atoms with Crippen molar-refractivity contribution in [1.29, 1.82) is 5.26 Å². The largest absolute Gasteiger partial charge is 0.482 e. The maximum absolute atomic E-state index is 15.1. The summed E-state index contributed by atoms with van der Waals surface area (Å²) in [7, 11) is 0. The number of nitrogens with two attached hydrogens (primary N) is 1. The fraction of sp³-hybridized carbons (Fsp3) is 0.0870. The number of carbonyl (C=O) groups is 1. The third-order valence-electron chi connectivity index (χ3n) is 5.39. The zero-order chi connectivity index (χ0) is 23.3. The Hall–Kier alpha value is -4.65. The van der Waals surface area contributed by atoms with E-state index in [0.717, 1.165) is 6.07 Å². The van der Waals surface area contributed by atoms with Crippen molar-refractivity contribution >= 4 is 11.6 Å². The molecule has 1 atom stereocenters. The highest BCUT2D eigenvalue weighted by atomic mass is 19.1. The number of nitrogens with one attached hydrogen (secondary N) is 1. The number of anilines is 1. The van der Waals surface area contributed by atoms with E-state index in [1.54, 1.807) is 6.92 Å². The maximum atomic E-state index is 15.1. The van der Waals surface area contributed by atoms with Crippen molar-refractivity contribution in [3.05, 3.63) is 76.9 Å². The number of hydrogen-bond acceptors (Lipinski definition) is 7. The second-order valence-electron chi connectivity index (χ2n) is 7.38. The van der Waals surface area contributed by atoms with Crippen LogP contribution in [0.25, 0.3) is 22.4 Å². The molecule has 2 bridgehead atoms. The van der Waals surface area contributed by atoms with Gasteiger partial charge in [0.25, 0.3) is 0 Å². The number of pyridine rings is 2. The number of nitriles is 1. The molecular weight excluding hydrogens is 430 g/mol. The number of aromatic amines is 1. The van der Waals surface area contributed by atoms with Crippen LogP contribution in [0.15, 0.2) is 42.7 Å². The molecule has 1 aliphatic rings. The number of nitrogens with zero attached hydrogens (tertiary/aromatic N) is 4. The molecule has 5 rings (SSSR count). The molecule has 1 aliphatic heterocycles. The number of carbonyl (C=O) groups excluding carboxylic acids is 1. The van der Waals surface area contributed by atoms with Gasteiger partial charge in [-0.25, -0.2) is 13.8 Å². The van der Waals surface area contributed by atoms with Crippen molar-refractivity contribution in [3.63, 3.8) is 0 Å². The Kier molecular flexibility index (Phi) is 4.60. The van der Waals surface area contributed by atoms with Crippen molar-refractivity contribution in [2.75, 3.05) is 5.73 Å². The fourth-order valence-electron chi connectivity index (χ4n) is 3.89. The van der Waals surface area contributed by atoms with Gasteiger partial charge in [-0.3, -0.25) is 14.9 Å². The van der Waals surface area contributed by atoms with Crippen LogP contribution in [0, 0.1) is 23.0 Å². The van der Waals surface area contributed by atoms with Crippen molar-refractivity contribution in [1.82, 2.24) is 20.2 Å². The lowest BCUT2D eigenvalue weighted by Gasteiger charge is -2.21. The monoisotopic (exact) mass is 444 g/mol. The highest BCUT2D eigenvalue weighted by Gasteiger charge is 2.29. The molecule has 0 fully saturated rings. The van der Waals surface area contributed by atoms with Gasteiger partial charge >= 0.3 is 0 Å². The summed E-state index contributed by atoms with van der Waals surface area (Å²) < 4.78 is 35.3. The molecule has 4 aromatic rings. The number of hydrogen-bond donors (Lipinski definition) is 2. The van der Waals surface area contributed by atoms with Crippen LogP contribution in [0.4, 0.5) is 14.6 Å². The van der Waals surface area contributed by atoms with Gasteiger partial charge in [-0.05, 0) is 31.2 Å². The van der Waals surface area contributed by atoms with Gasteiger partial charge in [0, 0.05) is 35.2 Å². The quantitative estimate of drug-likeness (QED) is 0.420. The molecule has 0 saturated heterocycles. The number of ketones is 1. The minimum atomic E-state index is -0.910. The molecule has 1 aromatic carbocycles. The smallest absolute Gasteiger partial charge is 0.213 e. The second kappa shape index (κ2) is 7.49. The molecule has 0 spiro atoms. The summed E-state index contributed by atoms with van der Waals surface area (Å²) in [5.74, 6) is -2.17. The normalized spacial score (nSPS) is 14.6. The highest BCUT2D eigenvalue weighted by Crippen LogP contribution is 2.39. The first kappa shape index (κ1) is 20.3. The van der Waals surface area contributed by atoms with E-state index in [1.807, 2.05) is 6.07 Å². The topological polar surface area (TPSA) is 131 Å². The molecule has 3 N–H and O–H groups in total. The lowest BCUT2D eigenvalue weighted by molar-refractivity contribution is 0.103. The van der Waals surface area contributed by atoms with Crippen LogP contribution in [-0.4, -0.2) is 25.9 Å². The summed E-state index contributed by atoms with van der Waals surface area (Å²) in [5, 5.41) is 16.1. The average molecular weight is 444 g/mol. The first-order valence-electron chi connectivity index (χ1n) is 9.79. The molecule has 0 radical (unpaired) electrons. The highest BCUT2D eigenvalue weighted by molar-refractivity contribution is 6.15. The van der Waals surface area contributed by atoms with Gasteiger partial charge in [-0.1, -0.05) is 0 Å². The molecule has 33 heavy (non-hydrogen) atoms. The van der Waals surface area contributed by atoms with Crippen LogP contribution in [-0.2, 0) is 0 Å². The van der Waals surface area contributed by atoms with E-state index in [0.29, 0.717) is 11.6 Å². The van der Waals surface area contributed by atoms with E-state index in [4.69, 9.17) is 10.5 Å². The molecule has 3 aromatic heterocycles. The fourth-order valence-corrected chi connectivity index (χ4v) is 3.89. The molecular formula is C23H14F2N6O2. The zero-order valence-corrected chi connectivity index (χ0v) is 17.1. The van der Waals surface area contributed by atoms with E-state index in [2.05, 4.69) is 20.2 Å². The number of halogens is 2. The zero-order valence-electron chi connectivity index (χ0n) is 17.1. The molecule has 4 heterocycles. The van der Waals surface area contributed by atoms with Gasteiger partial charge in [-0.2, -0.15) is 10.4 Å². The number of benzene rings is 1. The third-order valence-corrected chi connectivity index (χ3v) is 5.39. The van der Waals surface area contributed by atoms with Gasteiger partial charge in [0.15, 0.2) is 17.3 Å². The Morgan fingerprint density at radius 1 is 1.21 bits per heavy atom. The van der Waals surface area contributed by atoms with Crippen molar-refractivity contribution in [3.8, 4) is 34.2 Å². The Morgan fingerprint density at radius 2 is 2.03 bits per heavy atom. The minimum Gasteiger partial charge on any atom is -0.482 e. The van der Waals surface area contributed by atoms with E-state index < -0.39 is 23.5 Å². The standard InChI is InChI=1S/C23H14F2N6O2/c1-10-14-6-12(24)7-15(25)19(14)20-13(3-2-4-28-20)22(32)21-18(16(8-26)30-31-21)11-5-17(33-10)23(27)29-9-11/h2-7,9-10H,1H3,(H2,27,29)(H,30,31)/t10-/m1/s1. The lowest BCUT2D eigenvalue weighted by atomic mass is 9.92. The summed E-state index contributed by atoms with van der Waals surface area (Å²) in [4.78, 5) is 22.0. The minimum absolute atomic E-state index is 0.000149. The van der Waals surface area contributed by atoms with Gasteiger partial charge in [0.05, 0.1) is 16.8 Å². The Labute approximate surface area is 185 Å². The van der Waals surface area contributed by atoms with E-state index in [9.17, 15) is 14.4 Å². The summed E-state index contributed by atoms with van der Waals surface area (Å²) in [5.41, 5.74) is 6.55. The molecule has 162 valence electrons. The van der Waals surface area contributed by atoms with Gasteiger partial charge in [0.2, 0.25) is 5.78 Å². The van der Waals surface area contributed by atoms with Crippen LogP contribution >= 0.6 is 0 Å². The van der Waals surface area contributed by atoms with Crippen molar-refractivity contribution in [2.24, 2.45) is 0 Å². The summed E-state index contributed by atoms with van der Waals surface area (Å²) in [6.45, 7) is 1.59. The number of fused-ring (bicyclic) bond motifs is 7. The Bertz CT molecular complexity index is 1490. The predicted molar refractivity (Wildman–Crippen MR) is 113 cm³/mol. The first-order valence-corrected chi connectivity index (χ1v) is 9.79. The maximum Gasteiger partial charge on any atom is 0.213 e. The van der Waals surface area contributed by atoms with Gasteiger partial charge in [0.1, 0.15) is 29.5 Å². The van der Waals surface area contributed by atoms with Crippen LogP contribution in [0.1, 0.15) is 40.3 Å². The third kappa shape index (κ3) is 3.18. The van der Waals surface area contributed by atoms with Crippen molar-refractivity contribution < 1.29 is 18.3 Å². The van der Waals surface area contributed by atoms with Crippen LogP contribution in [0.2, 0.25) is 0 Å². The molecule has 10 heteroatoms. The van der Waals surface area contributed by atoms with Crippen LogP contribution in [0.5, 0.6) is 5.75 Å². The Balaban J connectivity index is 1.90. The summed E-state index contributed by atoms with van der Waals surface area (Å²) in [6, 6.07) is 8.28. The summed E-state index contributed by atoms with van der Waals surface area (Å²) in [6.07, 6.45) is 1.89. The van der Waals surface area contributed by atoms with Crippen molar-refractivity contribution in [2.45, 2.75) is 13.0 Å². The number of rotatable bonds is 0. The van der Waals surface area contributed by atoms with Gasteiger partial charge < -0.3 is 10.5 Å². The summed E-state index contributed by atoms with van der Waals surface area (Å²) >= 11 is 0. The number of aromatic nitrogens is 4. The predicted octanol–water partition coefficient (Wildman–Crippen LogP) is 3.95. The Morgan fingerprint density at radius 3 is 2.82 bits per heavy atom. The number of ether oxygens (including phenoxy) is 1. The van der Waals surface area contributed by atoms with Crippen LogP contribution < -0.4 is 10.5 Å². The number of H-pyrrole nitrogens is 1. The van der Waals surface area contributed by atoms with E-state index in [-0.39, 0.29) is 50.9 Å². The molecule has 8 nitrogen and oxygen atoms in total. The number of nitrogen functional groups attached to an aromatic ring is 1. The lowest BCUT2D eigenvalue weighted by Crippen LogP contribution is -2.13. The van der Waals surface area contributed by atoms with E-state index >= 15 is 4.39 Å². The second-order valence-corrected chi connectivity index (χ2v) is 7.38.